The molecule has 0 aliphatic carbocycles. The molecule has 0 fully saturated rings. The van der Waals surface area contributed by atoms with E-state index in [1.807, 2.05) is 25.9 Å². The van der Waals surface area contributed by atoms with Gasteiger partial charge in [0.25, 0.3) is 0 Å². The number of rotatable bonds is 7. The number of nitrogens with zero attached hydrogens (tertiary/aromatic N) is 3. The second-order valence-electron chi connectivity index (χ2n) is 4.97. The zero-order chi connectivity index (χ0) is 16.7. The molecular weight excluding hydrogens is 327 g/mol. The minimum absolute atomic E-state index is 0.0910. The van der Waals surface area contributed by atoms with E-state index in [1.54, 1.807) is 11.0 Å². The van der Waals surface area contributed by atoms with E-state index < -0.39 is 5.91 Å². The molecule has 0 saturated carbocycles. The summed E-state index contributed by atoms with van der Waals surface area (Å²) in [5, 5.41) is 2.89. The van der Waals surface area contributed by atoms with Crippen molar-refractivity contribution in [2.24, 2.45) is 0 Å². The van der Waals surface area contributed by atoms with Crippen LogP contribution in [0, 0.1) is 0 Å². The fourth-order valence-electron chi connectivity index (χ4n) is 1.73. The Morgan fingerprint density at radius 2 is 1.91 bits per heavy atom. The van der Waals surface area contributed by atoms with Crippen molar-refractivity contribution in [1.29, 1.82) is 0 Å². The lowest BCUT2D eigenvalue weighted by atomic mass is 10.3. The third-order valence-electron chi connectivity index (χ3n) is 2.95. The highest BCUT2D eigenvalue weighted by molar-refractivity contribution is 6.34. The van der Waals surface area contributed by atoms with E-state index in [0.29, 0.717) is 18.8 Å². The van der Waals surface area contributed by atoms with Crippen molar-refractivity contribution in [1.82, 2.24) is 14.8 Å². The van der Waals surface area contributed by atoms with E-state index in [1.165, 1.54) is 6.07 Å². The third-order valence-corrected chi connectivity index (χ3v) is 3.45. The van der Waals surface area contributed by atoms with E-state index in [2.05, 4.69) is 10.3 Å². The van der Waals surface area contributed by atoms with Gasteiger partial charge in [-0.15, -0.1) is 0 Å². The maximum atomic E-state index is 12.1. The van der Waals surface area contributed by atoms with Gasteiger partial charge in [-0.3, -0.25) is 9.59 Å². The Bertz CT molecular complexity index is 538. The molecule has 122 valence electrons. The Labute approximate surface area is 140 Å². The maximum Gasteiger partial charge on any atom is 0.233 e. The minimum Gasteiger partial charge on any atom is -0.341 e. The average molecular weight is 347 g/mol. The smallest absolute Gasteiger partial charge is 0.233 e. The number of amides is 2. The van der Waals surface area contributed by atoms with E-state index >= 15 is 0 Å². The normalized spacial score (nSPS) is 10.6. The summed E-state index contributed by atoms with van der Waals surface area (Å²) in [6.45, 7) is 3.77. The molecule has 8 heteroatoms. The summed E-state index contributed by atoms with van der Waals surface area (Å²) < 4.78 is 0. The Morgan fingerprint density at radius 1 is 1.23 bits per heavy atom. The number of aromatic nitrogens is 1. The highest BCUT2D eigenvalue weighted by Crippen LogP contribution is 2.21. The van der Waals surface area contributed by atoms with Gasteiger partial charge in [0, 0.05) is 19.6 Å². The van der Waals surface area contributed by atoms with Crippen LogP contribution in [0.2, 0.25) is 10.3 Å². The Kier molecular flexibility index (Phi) is 7.58. The molecule has 0 spiro atoms. The molecule has 1 heterocycles. The van der Waals surface area contributed by atoms with Crippen LogP contribution in [-0.2, 0) is 9.59 Å². The lowest BCUT2D eigenvalue weighted by Gasteiger charge is -2.22. The monoisotopic (exact) mass is 346 g/mol. The molecule has 1 rings (SSSR count). The number of hydrogen-bond acceptors (Lipinski definition) is 4. The van der Waals surface area contributed by atoms with E-state index in [-0.39, 0.29) is 22.6 Å². The summed E-state index contributed by atoms with van der Waals surface area (Å²) in [6.07, 6.45) is -0.236. The molecule has 0 bridgehead atoms. The minimum atomic E-state index is -0.431. The van der Waals surface area contributed by atoms with Crippen molar-refractivity contribution in [3.05, 3.63) is 22.4 Å². The number of carbonyl (C=O) groups is 2. The molecule has 0 unspecified atom stereocenters. The molecule has 0 aliphatic rings. The van der Waals surface area contributed by atoms with Crippen LogP contribution in [0.25, 0.3) is 0 Å². The zero-order valence-corrected chi connectivity index (χ0v) is 14.4. The van der Waals surface area contributed by atoms with Gasteiger partial charge < -0.3 is 15.1 Å². The van der Waals surface area contributed by atoms with Crippen molar-refractivity contribution in [2.75, 3.05) is 39.0 Å². The highest BCUT2D eigenvalue weighted by Gasteiger charge is 2.17. The summed E-state index contributed by atoms with van der Waals surface area (Å²) >= 11 is 11.6. The Morgan fingerprint density at radius 3 is 2.45 bits per heavy atom. The number of nitrogens with one attached hydrogen (secondary N) is 1. The van der Waals surface area contributed by atoms with Gasteiger partial charge in [-0.2, -0.15) is 0 Å². The summed E-state index contributed by atoms with van der Waals surface area (Å²) in [7, 11) is 3.86. The van der Waals surface area contributed by atoms with Crippen LogP contribution >= 0.6 is 23.2 Å². The highest BCUT2D eigenvalue weighted by atomic mass is 35.5. The van der Waals surface area contributed by atoms with Crippen LogP contribution < -0.4 is 5.32 Å². The summed E-state index contributed by atoms with van der Waals surface area (Å²) in [6, 6.07) is 3.06. The predicted molar refractivity (Wildman–Crippen MR) is 88.3 cm³/mol. The molecule has 6 nitrogen and oxygen atoms in total. The first-order valence-electron chi connectivity index (χ1n) is 6.88. The van der Waals surface area contributed by atoms with Crippen molar-refractivity contribution in [2.45, 2.75) is 13.3 Å². The van der Waals surface area contributed by atoms with E-state index in [0.717, 1.165) is 6.54 Å². The van der Waals surface area contributed by atoms with E-state index in [9.17, 15) is 9.59 Å². The van der Waals surface area contributed by atoms with Gasteiger partial charge in [0.2, 0.25) is 11.8 Å². The standard InChI is InChI=1S/C14H20Cl2N4O2/c1-4-20(8-7-19(2)3)13(22)9-12(21)17-10-5-6-11(15)18-14(10)16/h5-6H,4,7-9H2,1-3H3,(H,17,21). The quantitative estimate of drug-likeness (QED) is 0.606. The van der Waals surface area contributed by atoms with Crippen LogP contribution in [0.4, 0.5) is 5.69 Å². The average Bonchev–Trinajstić information content (AvgIpc) is 2.42. The number of anilines is 1. The molecule has 0 atom stereocenters. The molecule has 0 aliphatic heterocycles. The Hall–Kier alpha value is -1.37. The fourth-order valence-corrected chi connectivity index (χ4v) is 2.12. The predicted octanol–water partition coefficient (Wildman–Crippen LogP) is 2.13. The number of carbonyl (C=O) groups excluding carboxylic acids is 2. The number of hydrogen-bond donors (Lipinski definition) is 1. The molecular formula is C14H20Cl2N4O2. The van der Waals surface area contributed by atoms with Gasteiger partial charge in [-0.1, -0.05) is 23.2 Å². The molecule has 0 radical (unpaired) electrons. The van der Waals surface area contributed by atoms with Crippen LogP contribution in [0.1, 0.15) is 13.3 Å². The second-order valence-corrected chi connectivity index (χ2v) is 5.72. The van der Waals surface area contributed by atoms with Crippen LogP contribution in [0.5, 0.6) is 0 Å². The molecule has 0 saturated heterocycles. The largest absolute Gasteiger partial charge is 0.341 e. The van der Waals surface area contributed by atoms with Gasteiger partial charge >= 0.3 is 0 Å². The lowest BCUT2D eigenvalue weighted by Crippen LogP contribution is -2.38. The van der Waals surface area contributed by atoms with Crippen molar-refractivity contribution >= 4 is 40.7 Å². The molecule has 2 amide bonds. The summed E-state index contributed by atoms with van der Waals surface area (Å²) in [5.74, 6) is -0.653. The van der Waals surface area contributed by atoms with Crippen LogP contribution in [-0.4, -0.2) is 60.3 Å². The lowest BCUT2D eigenvalue weighted by molar-refractivity contribution is -0.134. The first-order chi connectivity index (χ1) is 10.3. The van der Waals surface area contributed by atoms with Crippen LogP contribution in [0.15, 0.2) is 12.1 Å². The first-order valence-corrected chi connectivity index (χ1v) is 7.63. The Balaban J connectivity index is 2.57. The van der Waals surface area contributed by atoms with E-state index in [4.69, 9.17) is 23.2 Å². The van der Waals surface area contributed by atoms with Crippen molar-refractivity contribution in [3.63, 3.8) is 0 Å². The maximum absolute atomic E-state index is 12.1. The molecule has 1 aromatic heterocycles. The molecule has 22 heavy (non-hydrogen) atoms. The third kappa shape index (κ3) is 6.17. The molecule has 1 N–H and O–H groups in total. The fraction of sp³-hybridized carbons (Fsp3) is 0.500. The van der Waals surface area contributed by atoms with Gasteiger partial charge in [-0.05, 0) is 33.2 Å². The SMILES string of the molecule is CCN(CCN(C)C)C(=O)CC(=O)Nc1ccc(Cl)nc1Cl. The second kappa shape index (κ2) is 8.92. The molecule has 1 aromatic rings. The van der Waals surface area contributed by atoms with Gasteiger partial charge in [-0.25, -0.2) is 4.98 Å². The van der Waals surface area contributed by atoms with Gasteiger partial charge in [0.1, 0.15) is 11.6 Å². The first kappa shape index (κ1) is 18.7. The number of pyridine rings is 1. The van der Waals surface area contributed by atoms with Crippen LogP contribution in [0.3, 0.4) is 0 Å². The summed E-state index contributed by atoms with van der Waals surface area (Å²) in [5.41, 5.74) is 0.334. The van der Waals surface area contributed by atoms with Crippen molar-refractivity contribution in [3.8, 4) is 0 Å². The topological polar surface area (TPSA) is 65.5 Å². The zero-order valence-electron chi connectivity index (χ0n) is 12.9. The van der Waals surface area contributed by atoms with Gasteiger partial charge in [0.15, 0.2) is 5.15 Å². The van der Waals surface area contributed by atoms with Crippen molar-refractivity contribution < 1.29 is 9.59 Å². The number of likely N-dealkylation sites (N-methyl/N-ethyl adjacent to an activating group) is 2. The molecule has 0 aromatic carbocycles. The summed E-state index contributed by atoms with van der Waals surface area (Å²) in [4.78, 5) is 31.5. The number of halogens is 2. The van der Waals surface area contributed by atoms with Gasteiger partial charge in [0.05, 0.1) is 5.69 Å².